The second-order valence-corrected chi connectivity index (χ2v) is 7.60. The van der Waals surface area contributed by atoms with Gasteiger partial charge in [0.05, 0.1) is 22.7 Å². The largest absolute Gasteiger partial charge is 0.494 e. The van der Waals surface area contributed by atoms with Crippen molar-refractivity contribution in [2.75, 3.05) is 18.5 Å². The summed E-state index contributed by atoms with van der Waals surface area (Å²) >= 11 is 9.21. The minimum atomic E-state index is -3.91. The molecule has 0 heterocycles. The Morgan fingerprint density at radius 1 is 1.23 bits per heavy atom. The molecule has 2 aromatic rings. The van der Waals surface area contributed by atoms with Gasteiger partial charge in [0.2, 0.25) is 0 Å². The van der Waals surface area contributed by atoms with Crippen molar-refractivity contribution in [3.8, 4) is 5.75 Å². The Hall–Kier alpha value is -1.31. The van der Waals surface area contributed by atoms with E-state index < -0.39 is 15.8 Å². The fourth-order valence-electron chi connectivity index (χ4n) is 1.79. The molecule has 0 aliphatic heterocycles. The average Bonchev–Trinajstić information content (AvgIpc) is 2.49. The summed E-state index contributed by atoms with van der Waals surface area (Å²) in [5.41, 5.74) is 0.365. The lowest BCUT2D eigenvalue weighted by Gasteiger charge is -2.20. The monoisotopic (exact) mass is 407 g/mol. The molecule has 118 valence electrons. The Balaban J connectivity index is 2.44. The molecular weight excluding hydrogens is 397 g/mol. The van der Waals surface area contributed by atoms with E-state index in [9.17, 15) is 12.8 Å². The first-order valence-electron chi connectivity index (χ1n) is 6.05. The normalized spacial score (nSPS) is 11.3. The highest BCUT2D eigenvalue weighted by Gasteiger charge is 2.23. The third-order valence-electron chi connectivity index (χ3n) is 3.05. The van der Waals surface area contributed by atoms with E-state index in [2.05, 4.69) is 15.9 Å². The molecule has 0 aromatic heterocycles. The van der Waals surface area contributed by atoms with Gasteiger partial charge < -0.3 is 4.74 Å². The van der Waals surface area contributed by atoms with E-state index in [0.717, 1.165) is 10.4 Å². The molecule has 0 amide bonds. The first kappa shape index (κ1) is 17.1. The summed E-state index contributed by atoms with van der Waals surface area (Å²) in [5, 5.41) is 0.375. The third-order valence-corrected chi connectivity index (χ3v) is 6.06. The summed E-state index contributed by atoms with van der Waals surface area (Å²) in [6, 6.07) is 8.21. The molecule has 0 saturated heterocycles. The van der Waals surface area contributed by atoms with E-state index in [-0.39, 0.29) is 10.6 Å². The summed E-state index contributed by atoms with van der Waals surface area (Å²) in [5.74, 6) is -0.765. The second-order valence-electron chi connectivity index (χ2n) is 4.37. The quantitative estimate of drug-likeness (QED) is 0.766. The van der Waals surface area contributed by atoms with Gasteiger partial charge >= 0.3 is 0 Å². The van der Waals surface area contributed by atoms with Gasteiger partial charge in [0.1, 0.15) is 0 Å². The van der Waals surface area contributed by atoms with Crippen molar-refractivity contribution in [1.82, 2.24) is 0 Å². The van der Waals surface area contributed by atoms with E-state index in [1.807, 2.05) is 0 Å². The number of ether oxygens (including phenoxy) is 1. The molecule has 4 nitrogen and oxygen atoms in total. The highest BCUT2D eigenvalue weighted by molar-refractivity contribution is 9.10. The van der Waals surface area contributed by atoms with Gasteiger partial charge in [-0.25, -0.2) is 12.8 Å². The molecule has 0 unspecified atom stereocenters. The molecule has 0 aliphatic rings. The van der Waals surface area contributed by atoms with Crippen LogP contribution in [0.15, 0.2) is 45.8 Å². The van der Waals surface area contributed by atoms with Gasteiger partial charge in [-0.1, -0.05) is 11.6 Å². The van der Waals surface area contributed by atoms with Gasteiger partial charge in [-0.05, 0) is 52.3 Å². The minimum Gasteiger partial charge on any atom is -0.494 e. The van der Waals surface area contributed by atoms with Gasteiger partial charge in [-0.2, -0.15) is 0 Å². The summed E-state index contributed by atoms with van der Waals surface area (Å²) in [6.45, 7) is 0. The first-order valence-corrected chi connectivity index (χ1v) is 8.66. The third kappa shape index (κ3) is 3.21. The number of halogens is 3. The fourth-order valence-corrected chi connectivity index (χ4v) is 3.41. The molecule has 0 bridgehead atoms. The number of sulfonamides is 1. The Morgan fingerprint density at radius 3 is 2.45 bits per heavy atom. The zero-order valence-corrected chi connectivity index (χ0v) is 14.8. The van der Waals surface area contributed by atoms with Crippen molar-refractivity contribution < 1.29 is 17.5 Å². The predicted molar refractivity (Wildman–Crippen MR) is 87.7 cm³/mol. The summed E-state index contributed by atoms with van der Waals surface area (Å²) in [7, 11) is -1.23. The SMILES string of the molecule is COc1ccc(S(=O)(=O)N(C)c2ccc(Br)c(Cl)c2)cc1F. The molecule has 0 N–H and O–H groups in total. The van der Waals surface area contributed by atoms with Crippen molar-refractivity contribution in [1.29, 1.82) is 0 Å². The number of anilines is 1. The van der Waals surface area contributed by atoms with Crippen LogP contribution in [-0.4, -0.2) is 22.6 Å². The van der Waals surface area contributed by atoms with Crippen LogP contribution in [0.3, 0.4) is 0 Å². The molecule has 2 rings (SSSR count). The van der Waals surface area contributed by atoms with Crippen LogP contribution in [0, 0.1) is 5.82 Å². The molecule has 8 heteroatoms. The Kier molecular flexibility index (Phi) is 4.99. The fraction of sp³-hybridized carbons (Fsp3) is 0.143. The van der Waals surface area contributed by atoms with Crippen LogP contribution in [0.4, 0.5) is 10.1 Å². The molecule has 0 aliphatic carbocycles. The maximum absolute atomic E-state index is 13.7. The van der Waals surface area contributed by atoms with Gasteiger partial charge in [-0.3, -0.25) is 4.31 Å². The predicted octanol–water partition coefficient (Wildman–Crippen LogP) is 4.08. The average molecular weight is 409 g/mol. The van der Waals surface area contributed by atoms with Crippen LogP contribution in [0.1, 0.15) is 0 Å². The van der Waals surface area contributed by atoms with Gasteiger partial charge in [0.15, 0.2) is 11.6 Å². The van der Waals surface area contributed by atoms with E-state index in [1.54, 1.807) is 12.1 Å². The number of methoxy groups -OCH3 is 1. The molecule has 0 fully saturated rings. The highest BCUT2D eigenvalue weighted by atomic mass is 79.9. The Bertz CT molecular complexity index is 814. The standard InChI is InChI=1S/C14H12BrClFNO3S/c1-18(9-3-5-11(15)12(16)7-9)22(19,20)10-4-6-14(21-2)13(17)8-10/h3-8H,1-2H3. The molecule has 2 aromatic carbocycles. The van der Waals surface area contributed by atoms with Crippen LogP contribution < -0.4 is 9.04 Å². The van der Waals surface area contributed by atoms with Crippen molar-refractivity contribution >= 4 is 43.2 Å². The molecule has 0 radical (unpaired) electrons. The smallest absolute Gasteiger partial charge is 0.264 e. The zero-order valence-electron chi connectivity index (χ0n) is 11.7. The van der Waals surface area contributed by atoms with Crippen molar-refractivity contribution in [3.05, 3.63) is 51.7 Å². The number of rotatable bonds is 4. The van der Waals surface area contributed by atoms with E-state index in [4.69, 9.17) is 16.3 Å². The second kappa shape index (κ2) is 6.44. The first-order chi connectivity index (χ1) is 10.3. The molecule has 0 saturated carbocycles. The molecule has 0 atom stereocenters. The van der Waals surface area contributed by atoms with Crippen LogP contribution in [-0.2, 0) is 10.0 Å². The lowest BCUT2D eigenvalue weighted by molar-refractivity contribution is 0.385. The van der Waals surface area contributed by atoms with Crippen LogP contribution in [0.2, 0.25) is 5.02 Å². The summed E-state index contributed by atoms with van der Waals surface area (Å²) < 4.78 is 45.3. The van der Waals surface area contributed by atoms with Crippen LogP contribution in [0.25, 0.3) is 0 Å². The van der Waals surface area contributed by atoms with Gasteiger partial charge in [0, 0.05) is 11.5 Å². The molecular formula is C14H12BrClFNO3S. The topological polar surface area (TPSA) is 46.6 Å². The van der Waals surface area contributed by atoms with E-state index >= 15 is 0 Å². The summed E-state index contributed by atoms with van der Waals surface area (Å²) in [6.07, 6.45) is 0. The van der Waals surface area contributed by atoms with Crippen molar-refractivity contribution in [3.63, 3.8) is 0 Å². The summed E-state index contributed by atoms with van der Waals surface area (Å²) in [4.78, 5) is -0.174. The van der Waals surface area contributed by atoms with E-state index in [0.29, 0.717) is 15.2 Å². The number of nitrogens with zero attached hydrogens (tertiary/aromatic N) is 1. The van der Waals surface area contributed by atoms with Crippen LogP contribution >= 0.6 is 27.5 Å². The number of benzene rings is 2. The lowest BCUT2D eigenvalue weighted by atomic mass is 10.3. The number of hydrogen-bond acceptors (Lipinski definition) is 3. The maximum atomic E-state index is 13.7. The van der Waals surface area contributed by atoms with Gasteiger partial charge in [0.25, 0.3) is 10.0 Å². The van der Waals surface area contributed by atoms with Gasteiger partial charge in [-0.15, -0.1) is 0 Å². The maximum Gasteiger partial charge on any atom is 0.264 e. The Labute approximate surface area is 141 Å². The van der Waals surface area contributed by atoms with Crippen LogP contribution in [0.5, 0.6) is 5.75 Å². The highest BCUT2D eigenvalue weighted by Crippen LogP contribution is 2.30. The minimum absolute atomic E-state index is 0.0201. The zero-order chi connectivity index (χ0) is 16.5. The van der Waals surface area contributed by atoms with Crippen molar-refractivity contribution in [2.45, 2.75) is 4.90 Å². The number of hydrogen-bond donors (Lipinski definition) is 0. The molecule has 0 spiro atoms. The van der Waals surface area contributed by atoms with Crippen molar-refractivity contribution in [2.24, 2.45) is 0 Å². The Morgan fingerprint density at radius 2 is 1.91 bits per heavy atom. The lowest BCUT2D eigenvalue weighted by Crippen LogP contribution is -2.26. The molecule has 22 heavy (non-hydrogen) atoms. The van der Waals surface area contributed by atoms with E-state index in [1.165, 1.54) is 32.4 Å².